The molecule has 0 radical (unpaired) electrons. The van der Waals surface area contributed by atoms with Crippen molar-refractivity contribution in [3.63, 3.8) is 0 Å². The van der Waals surface area contributed by atoms with Gasteiger partial charge in [0.25, 0.3) is 5.91 Å². The van der Waals surface area contributed by atoms with E-state index in [1.54, 1.807) is 22.5 Å². The summed E-state index contributed by atoms with van der Waals surface area (Å²) in [6, 6.07) is 7.64. The molecule has 1 saturated heterocycles. The lowest BCUT2D eigenvalue weighted by Gasteiger charge is -2.32. The highest BCUT2D eigenvalue weighted by Gasteiger charge is 2.27. The smallest absolute Gasteiger partial charge is 0.339 e. The van der Waals surface area contributed by atoms with Gasteiger partial charge in [-0.05, 0) is 56.5 Å². The minimum atomic E-state index is -0.963. The summed E-state index contributed by atoms with van der Waals surface area (Å²) in [5.41, 5.74) is 3.50. The van der Waals surface area contributed by atoms with E-state index >= 15 is 0 Å². The zero-order chi connectivity index (χ0) is 20.5. The molecule has 8 heteroatoms. The Morgan fingerprint density at radius 2 is 1.90 bits per heavy atom. The van der Waals surface area contributed by atoms with E-state index in [0.717, 1.165) is 24.1 Å². The third-order valence-corrected chi connectivity index (χ3v) is 5.57. The van der Waals surface area contributed by atoms with Gasteiger partial charge < -0.3 is 10.0 Å². The van der Waals surface area contributed by atoms with Crippen LogP contribution in [0.15, 0.2) is 42.9 Å². The largest absolute Gasteiger partial charge is 0.478 e. The topological polar surface area (TPSA) is 93.3 Å². The number of amides is 1. The van der Waals surface area contributed by atoms with Crippen LogP contribution >= 0.6 is 0 Å². The molecule has 4 rings (SSSR count). The zero-order valence-electron chi connectivity index (χ0n) is 16.4. The van der Waals surface area contributed by atoms with Crippen molar-refractivity contribution < 1.29 is 14.7 Å². The van der Waals surface area contributed by atoms with Crippen LogP contribution in [0.3, 0.4) is 0 Å². The SMILES string of the molecule is Cc1cc(C(=O)N2CCC(n3ncc(C(=O)O)c3C)CC2)ccc1-n1cccn1. The van der Waals surface area contributed by atoms with E-state index in [4.69, 9.17) is 0 Å². The first-order valence-electron chi connectivity index (χ1n) is 9.63. The Bertz CT molecular complexity index is 1050. The van der Waals surface area contributed by atoms with Crippen LogP contribution in [0.25, 0.3) is 5.69 Å². The molecular formula is C21H23N5O3. The number of piperidine rings is 1. The summed E-state index contributed by atoms with van der Waals surface area (Å²) >= 11 is 0. The molecule has 1 fully saturated rings. The van der Waals surface area contributed by atoms with Gasteiger partial charge in [-0.15, -0.1) is 0 Å². The number of rotatable bonds is 4. The van der Waals surface area contributed by atoms with E-state index in [2.05, 4.69) is 10.2 Å². The van der Waals surface area contributed by atoms with Gasteiger partial charge in [0.15, 0.2) is 0 Å². The second-order valence-corrected chi connectivity index (χ2v) is 7.37. The van der Waals surface area contributed by atoms with Gasteiger partial charge in [-0.3, -0.25) is 9.48 Å². The minimum absolute atomic E-state index is 0.0157. The molecule has 1 N–H and O–H groups in total. The number of hydrogen-bond donors (Lipinski definition) is 1. The molecule has 0 saturated carbocycles. The van der Waals surface area contributed by atoms with Crippen LogP contribution in [0.5, 0.6) is 0 Å². The number of aryl methyl sites for hydroxylation is 1. The van der Waals surface area contributed by atoms with Gasteiger partial charge in [-0.25, -0.2) is 9.48 Å². The molecule has 0 spiro atoms. The Hall–Kier alpha value is -3.42. The molecule has 8 nitrogen and oxygen atoms in total. The fourth-order valence-corrected chi connectivity index (χ4v) is 3.95. The van der Waals surface area contributed by atoms with Crippen LogP contribution in [0.1, 0.15) is 50.9 Å². The van der Waals surface area contributed by atoms with Crippen molar-refractivity contribution >= 4 is 11.9 Å². The normalized spacial score (nSPS) is 14.9. The molecule has 2 aromatic heterocycles. The number of likely N-dealkylation sites (tertiary alicyclic amines) is 1. The molecular weight excluding hydrogens is 370 g/mol. The van der Waals surface area contributed by atoms with Crippen molar-refractivity contribution in [3.8, 4) is 5.69 Å². The summed E-state index contributed by atoms with van der Waals surface area (Å²) in [4.78, 5) is 26.0. The number of nitrogens with zero attached hydrogens (tertiary/aromatic N) is 5. The molecule has 0 aliphatic carbocycles. The highest BCUT2D eigenvalue weighted by molar-refractivity contribution is 5.94. The van der Waals surface area contributed by atoms with Gasteiger partial charge in [-0.1, -0.05) is 0 Å². The zero-order valence-corrected chi connectivity index (χ0v) is 16.4. The predicted octanol–water partition coefficient (Wildman–Crippen LogP) is 2.86. The van der Waals surface area contributed by atoms with E-state index in [0.29, 0.717) is 24.3 Å². The van der Waals surface area contributed by atoms with Crippen molar-refractivity contribution in [2.45, 2.75) is 32.7 Å². The van der Waals surface area contributed by atoms with Gasteiger partial charge in [-0.2, -0.15) is 10.2 Å². The highest BCUT2D eigenvalue weighted by Crippen LogP contribution is 2.26. The fourth-order valence-electron chi connectivity index (χ4n) is 3.95. The second-order valence-electron chi connectivity index (χ2n) is 7.37. The van der Waals surface area contributed by atoms with Gasteiger partial charge in [0, 0.05) is 31.0 Å². The lowest BCUT2D eigenvalue weighted by atomic mass is 10.0. The molecule has 0 atom stereocenters. The van der Waals surface area contributed by atoms with Crippen LogP contribution < -0.4 is 0 Å². The maximum atomic E-state index is 13.0. The molecule has 1 amide bonds. The average molecular weight is 393 g/mol. The Morgan fingerprint density at radius 3 is 2.48 bits per heavy atom. The number of carbonyl (C=O) groups is 2. The Labute approximate surface area is 168 Å². The minimum Gasteiger partial charge on any atom is -0.478 e. The van der Waals surface area contributed by atoms with E-state index < -0.39 is 5.97 Å². The summed E-state index contributed by atoms with van der Waals surface area (Å²) in [6.45, 7) is 4.98. The number of carbonyl (C=O) groups excluding carboxylic acids is 1. The van der Waals surface area contributed by atoms with Crippen LogP contribution in [-0.4, -0.2) is 54.5 Å². The van der Waals surface area contributed by atoms with E-state index in [-0.39, 0.29) is 17.5 Å². The van der Waals surface area contributed by atoms with Crippen molar-refractivity contribution in [1.29, 1.82) is 0 Å². The number of aromatic nitrogens is 4. The third-order valence-electron chi connectivity index (χ3n) is 5.57. The van der Waals surface area contributed by atoms with Crippen molar-refractivity contribution in [2.24, 2.45) is 0 Å². The Kier molecular flexibility index (Phi) is 4.92. The molecule has 1 aromatic carbocycles. The molecule has 29 heavy (non-hydrogen) atoms. The number of carboxylic acid groups (broad SMARTS) is 1. The van der Waals surface area contributed by atoms with Gasteiger partial charge in [0.2, 0.25) is 0 Å². The van der Waals surface area contributed by atoms with E-state index in [1.165, 1.54) is 6.20 Å². The standard InChI is InChI=1S/C21H23N5O3/c1-14-12-16(4-5-19(14)25-9-3-8-22-25)20(27)24-10-6-17(7-11-24)26-15(2)18(13-23-26)21(28)29/h3-5,8-9,12-13,17H,6-7,10-11H2,1-2H3,(H,28,29). The number of benzene rings is 1. The van der Waals surface area contributed by atoms with Crippen LogP contribution in [-0.2, 0) is 0 Å². The van der Waals surface area contributed by atoms with Crippen molar-refractivity contribution in [2.75, 3.05) is 13.1 Å². The predicted molar refractivity (Wildman–Crippen MR) is 106 cm³/mol. The van der Waals surface area contributed by atoms with E-state index in [1.807, 2.05) is 42.3 Å². The summed E-state index contributed by atoms with van der Waals surface area (Å²) in [5.74, 6) is -0.947. The number of carboxylic acids is 1. The Morgan fingerprint density at radius 1 is 1.14 bits per heavy atom. The monoisotopic (exact) mass is 393 g/mol. The first-order chi connectivity index (χ1) is 14.0. The van der Waals surface area contributed by atoms with Crippen LogP contribution in [0.2, 0.25) is 0 Å². The summed E-state index contributed by atoms with van der Waals surface area (Å²) in [5, 5.41) is 17.7. The molecule has 1 aliphatic rings. The molecule has 3 heterocycles. The summed E-state index contributed by atoms with van der Waals surface area (Å²) < 4.78 is 3.57. The molecule has 3 aromatic rings. The first kappa shape index (κ1) is 18.9. The number of aromatic carboxylic acids is 1. The first-order valence-corrected chi connectivity index (χ1v) is 9.63. The van der Waals surface area contributed by atoms with Crippen LogP contribution in [0.4, 0.5) is 0 Å². The lowest BCUT2D eigenvalue weighted by Crippen LogP contribution is -2.39. The van der Waals surface area contributed by atoms with Gasteiger partial charge >= 0.3 is 5.97 Å². The Balaban J connectivity index is 1.44. The van der Waals surface area contributed by atoms with Gasteiger partial charge in [0.05, 0.1) is 23.6 Å². The average Bonchev–Trinajstić information content (AvgIpc) is 3.37. The maximum absolute atomic E-state index is 13.0. The number of hydrogen-bond acceptors (Lipinski definition) is 4. The lowest BCUT2D eigenvalue weighted by molar-refractivity contribution is 0.0688. The molecule has 0 bridgehead atoms. The van der Waals surface area contributed by atoms with Crippen molar-refractivity contribution in [1.82, 2.24) is 24.5 Å². The highest BCUT2D eigenvalue weighted by atomic mass is 16.4. The van der Waals surface area contributed by atoms with E-state index in [9.17, 15) is 14.7 Å². The van der Waals surface area contributed by atoms with Crippen LogP contribution in [0, 0.1) is 13.8 Å². The van der Waals surface area contributed by atoms with Crippen molar-refractivity contribution in [3.05, 3.63) is 65.2 Å². The quantitative estimate of drug-likeness (QED) is 0.736. The third kappa shape index (κ3) is 3.53. The summed E-state index contributed by atoms with van der Waals surface area (Å²) in [7, 11) is 0. The maximum Gasteiger partial charge on any atom is 0.339 e. The molecule has 1 aliphatic heterocycles. The second kappa shape index (κ2) is 7.54. The van der Waals surface area contributed by atoms with Gasteiger partial charge in [0.1, 0.15) is 5.56 Å². The summed E-state index contributed by atoms with van der Waals surface area (Å²) in [6.07, 6.45) is 6.50. The molecule has 150 valence electrons. The molecule has 0 unspecified atom stereocenters. The fraction of sp³-hybridized carbons (Fsp3) is 0.333.